The van der Waals surface area contributed by atoms with Gasteiger partial charge in [0.25, 0.3) is 0 Å². The molecule has 0 amide bonds. The SMILES string of the molecule is Nc1cc(Cl)ccc1Nc1ccc2ccccc2c1. The average Bonchev–Trinajstić information content (AvgIpc) is 2.42. The van der Waals surface area contributed by atoms with Crippen molar-refractivity contribution in [3.8, 4) is 0 Å². The maximum atomic E-state index is 5.93. The second kappa shape index (κ2) is 4.82. The van der Waals surface area contributed by atoms with Crippen molar-refractivity contribution in [2.45, 2.75) is 0 Å². The second-order valence-electron chi connectivity index (χ2n) is 4.42. The smallest absolute Gasteiger partial charge is 0.0618 e. The molecule has 0 aromatic heterocycles. The largest absolute Gasteiger partial charge is 0.397 e. The highest BCUT2D eigenvalue weighted by atomic mass is 35.5. The number of anilines is 3. The summed E-state index contributed by atoms with van der Waals surface area (Å²) in [6.07, 6.45) is 0. The number of hydrogen-bond donors (Lipinski definition) is 2. The van der Waals surface area contributed by atoms with E-state index in [-0.39, 0.29) is 0 Å². The molecule has 0 bridgehead atoms. The molecule has 3 N–H and O–H groups in total. The van der Waals surface area contributed by atoms with Gasteiger partial charge >= 0.3 is 0 Å². The van der Waals surface area contributed by atoms with Crippen molar-refractivity contribution in [1.82, 2.24) is 0 Å². The molecule has 0 aliphatic heterocycles. The Kier molecular flexibility index (Phi) is 3.02. The van der Waals surface area contributed by atoms with E-state index < -0.39 is 0 Å². The summed E-state index contributed by atoms with van der Waals surface area (Å²) in [6.45, 7) is 0. The molecule has 0 aliphatic rings. The predicted molar refractivity (Wildman–Crippen MR) is 83.1 cm³/mol. The van der Waals surface area contributed by atoms with Gasteiger partial charge < -0.3 is 11.1 Å². The number of hydrogen-bond acceptors (Lipinski definition) is 2. The Bertz CT molecular complexity index is 738. The highest BCUT2D eigenvalue weighted by Gasteiger charge is 2.01. The van der Waals surface area contributed by atoms with Crippen LogP contribution in [0.4, 0.5) is 17.1 Å². The van der Waals surface area contributed by atoms with Crippen LogP contribution in [-0.2, 0) is 0 Å². The molecule has 19 heavy (non-hydrogen) atoms. The van der Waals surface area contributed by atoms with Crippen LogP contribution in [0.1, 0.15) is 0 Å². The van der Waals surface area contributed by atoms with E-state index in [9.17, 15) is 0 Å². The highest BCUT2D eigenvalue weighted by Crippen LogP contribution is 2.27. The zero-order valence-electron chi connectivity index (χ0n) is 10.2. The van der Waals surface area contributed by atoms with E-state index in [2.05, 4.69) is 29.6 Å². The lowest BCUT2D eigenvalue weighted by molar-refractivity contribution is 1.56. The van der Waals surface area contributed by atoms with Crippen LogP contribution in [-0.4, -0.2) is 0 Å². The highest BCUT2D eigenvalue weighted by molar-refractivity contribution is 6.31. The fourth-order valence-corrected chi connectivity index (χ4v) is 2.25. The maximum Gasteiger partial charge on any atom is 0.0618 e. The third kappa shape index (κ3) is 2.49. The van der Waals surface area contributed by atoms with Gasteiger partial charge in [-0.1, -0.05) is 41.9 Å². The summed E-state index contributed by atoms with van der Waals surface area (Å²) < 4.78 is 0. The molecule has 2 nitrogen and oxygen atoms in total. The molecule has 3 rings (SSSR count). The van der Waals surface area contributed by atoms with Crippen LogP contribution in [0.25, 0.3) is 10.8 Å². The molecule has 0 heterocycles. The van der Waals surface area contributed by atoms with Crippen molar-refractivity contribution < 1.29 is 0 Å². The van der Waals surface area contributed by atoms with E-state index in [0.29, 0.717) is 10.7 Å². The predicted octanol–water partition coefficient (Wildman–Crippen LogP) is 4.82. The first-order chi connectivity index (χ1) is 9.22. The average molecular weight is 269 g/mol. The molecule has 3 heteroatoms. The molecule has 94 valence electrons. The van der Waals surface area contributed by atoms with Crippen molar-refractivity contribution >= 4 is 39.4 Å². The first-order valence-electron chi connectivity index (χ1n) is 6.03. The van der Waals surface area contributed by atoms with Gasteiger partial charge in [-0.05, 0) is 41.1 Å². The Morgan fingerprint density at radius 1 is 0.842 bits per heavy atom. The van der Waals surface area contributed by atoms with E-state index in [4.69, 9.17) is 17.3 Å². The third-order valence-corrected chi connectivity index (χ3v) is 3.28. The molecule has 0 fully saturated rings. The van der Waals surface area contributed by atoms with E-state index in [0.717, 1.165) is 11.4 Å². The Morgan fingerprint density at radius 2 is 1.63 bits per heavy atom. The Morgan fingerprint density at radius 3 is 2.42 bits per heavy atom. The van der Waals surface area contributed by atoms with Gasteiger partial charge in [0.2, 0.25) is 0 Å². The van der Waals surface area contributed by atoms with Crippen LogP contribution in [0.2, 0.25) is 5.02 Å². The number of nitrogens with two attached hydrogens (primary N) is 1. The van der Waals surface area contributed by atoms with Gasteiger partial charge in [-0.3, -0.25) is 0 Å². The maximum absolute atomic E-state index is 5.93. The molecule has 0 atom stereocenters. The number of nitrogens with one attached hydrogen (secondary N) is 1. The summed E-state index contributed by atoms with van der Waals surface area (Å²) >= 11 is 5.89. The molecule has 0 radical (unpaired) electrons. The molecule has 0 spiro atoms. The van der Waals surface area contributed by atoms with Gasteiger partial charge in [0.15, 0.2) is 0 Å². The van der Waals surface area contributed by atoms with Crippen molar-refractivity contribution in [1.29, 1.82) is 0 Å². The summed E-state index contributed by atoms with van der Waals surface area (Å²) in [4.78, 5) is 0. The summed E-state index contributed by atoms with van der Waals surface area (Å²) in [7, 11) is 0. The van der Waals surface area contributed by atoms with Crippen LogP contribution in [0.5, 0.6) is 0 Å². The van der Waals surface area contributed by atoms with Crippen molar-refractivity contribution in [2.24, 2.45) is 0 Å². The lowest BCUT2D eigenvalue weighted by Crippen LogP contribution is -1.95. The van der Waals surface area contributed by atoms with Gasteiger partial charge in [0.1, 0.15) is 0 Å². The number of rotatable bonds is 2. The lowest BCUT2D eigenvalue weighted by Gasteiger charge is -2.10. The minimum Gasteiger partial charge on any atom is -0.397 e. The van der Waals surface area contributed by atoms with Gasteiger partial charge in [-0.25, -0.2) is 0 Å². The first kappa shape index (κ1) is 11.9. The molecule has 0 saturated heterocycles. The summed E-state index contributed by atoms with van der Waals surface area (Å²) in [5, 5.41) is 6.36. The second-order valence-corrected chi connectivity index (χ2v) is 4.85. The molecule has 3 aromatic rings. The van der Waals surface area contributed by atoms with Gasteiger partial charge in [-0.2, -0.15) is 0 Å². The topological polar surface area (TPSA) is 38.0 Å². The quantitative estimate of drug-likeness (QED) is 0.654. The van der Waals surface area contributed by atoms with E-state index in [1.165, 1.54) is 10.8 Å². The van der Waals surface area contributed by atoms with E-state index >= 15 is 0 Å². The normalized spacial score (nSPS) is 10.6. The van der Waals surface area contributed by atoms with Crippen LogP contribution >= 0.6 is 11.6 Å². The fraction of sp³-hybridized carbons (Fsp3) is 0. The van der Waals surface area contributed by atoms with Gasteiger partial charge in [0, 0.05) is 10.7 Å². The summed E-state index contributed by atoms with van der Waals surface area (Å²) in [6, 6.07) is 19.9. The molecule has 0 aliphatic carbocycles. The Hall–Kier alpha value is -2.19. The van der Waals surface area contributed by atoms with Crippen molar-refractivity contribution in [3.63, 3.8) is 0 Å². The van der Waals surface area contributed by atoms with Crippen LogP contribution in [0.15, 0.2) is 60.7 Å². The molecule has 3 aromatic carbocycles. The van der Waals surface area contributed by atoms with Gasteiger partial charge in [-0.15, -0.1) is 0 Å². The molecular formula is C16H13ClN2. The number of benzene rings is 3. The number of halogens is 1. The van der Waals surface area contributed by atoms with Crippen LogP contribution in [0.3, 0.4) is 0 Å². The summed E-state index contributed by atoms with van der Waals surface area (Å²) in [5.74, 6) is 0. The molecule has 0 unspecified atom stereocenters. The standard InChI is InChI=1S/C16H13ClN2/c17-13-6-8-16(15(18)10-13)19-14-7-5-11-3-1-2-4-12(11)9-14/h1-10,19H,18H2. The number of nitrogen functional groups attached to an aromatic ring is 1. The third-order valence-electron chi connectivity index (χ3n) is 3.04. The van der Waals surface area contributed by atoms with Gasteiger partial charge in [0.05, 0.1) is 11.4 Å². The summed E-state index contributed by atoms with van der Waals surface area (Å²) in [5.41, 5.74) is 8.44. The monoisotopic (exact) mass is 268 g/mol. The Labute approximate surface area is 116 Å². The zero-order valence-corrected chi connectivity index (χ0v) is 11.0. The van der Waals surface area contributed by atoms with E-state index in [1.807, 2.05) is 30.3 Å². The minimum atomic E-state index is 0.639. The molecular weight excluding hydrogens is 256 g/mol. The van der Waals surface area contributed by atoms with Crippen molar-refractivity contribution in [2.75, 3.05) is 11.1 Å². The van der Waals surface area contributed by atoms with Crippen LogP contribution in [0, 0.1) is 0 Å². The van der Waals surface area contributed by atoms with Crippen molar-refractivity contribution in [3.05, 3.63) is 65.7 Å². The minimum absolute atomic E-state index is 0.639. The fourth-order valence-electron chi connectivity index (χ4n) is 2.07. The number of fused-ring (bicyclic) bond motifs is 1. The van der Waals surface area contributed by atoms with E-state index in [1.54, 1.807) is 6.07 Å². The lowest BCUT2D eigenvalue weighted by atomic mass is 10.1. The molecule has 0 saturated carbocycles. The zero-order chi connectivity index (χ0) is 13.2. The van der Waals surface area contributed by atoms with Crippen LogP contribution < -0.4 is 11.1 Å². The Balaban J connectivity index is 1.96. The first-order valence-corrected chi connectivity index (χ1v) is 6.41.